The Morgan fingerprint density at radius 3 is 2.62 bits per heavy atom. The van der Waals surface area contributed by atoms with Gasteiger partial charge in [0, 0.05) is 25.1 Å². The molecule has 1 saturated heterocycles. The molecule has 0 spiro atoms. The highest BCUT2D eigenvalue weighted by Gasteiger charge is 2.34. The van der Waals surface area contributed by atoms with Crippen molar-refractivity contribution in [3.63, 3.8) is 0 Å². The molecule has 1 aromatic heterocycles. The van der Waals surface area contributed by atoms with Gasteiger partial charge in [0.25, 0.3) is 0 Å². The highest BCUT2D eigenvalue weighted by atomic mass is 19.2. The third-order valence-corrected chi connectivity index (χ3v) is 4.93. The van der Waals surface area contributed by atoms with Crippen LogP contribution in [0.25, 0.3) is 0 Å². The van der Waals surface area contributed by atoms with Crippen molar-refractivity contribution in [2.45, 2.75) is 57.4 Å². The lowest BCUT2D eigenvalue weighted by Gasteiger charge is -2.24. The molecule has 3 rings (SSSR count). The Bertz CT molecular complexity index is 895. The molecule has 0 radical (unpaired) electrons. The molecule has 158 valence electrons. The summed E-state index contributed by atoms with van der Waals surface area (Å²) in [4.78, 5) is 18.4. The van der Waals surface area contributed by atoms with Gasteiger partial charge in [-0.25, -0.2) is 27.2 Å². The molecule has 1 aliphatic rings. The van der Waals surface area contributed by atoms with E-state index in [-0.39, 0.29) is 24.3 Å². The second kappa shape index (κ2) is 8.10. The lowest BCUT2D eigenvalue weighted by Crippen LogP contribution is -2.37. The minimum Gasteiger partial charge on any atom is -0.332 e. The van der Waals surface area contributed by atoms with Gasteiger partial charge < -0.3 is 10.6 Å². The van der Waals surface area contributed by atoms with Crippen molar-refractivity contribution < 1.29 is 22.4 Å². The van der Waals surface area contributed by atoms with Crippen molar-refractivity contribution in [3.8, 4) is 0 Å². The number of alkyl halides is 1. The first-order chi connectivity index (χ1) is 13.6. The molecule has 2 atom stereocenters. The fourth-order valence-electron chi connectivity index (χ4n) is 3.43. The van der Waals surface area contributed by atoms with Gasteiger partial charge in [0.15, 0.2) is 23.3 Å². The number of carbonyl (C=O) groups is 1. The van der Waals surface area contributed by atoms with Gasteiger partial charge in [-0.05, 0) is 44.7 Å². The number of nitrogens with two attached hydrogens (primary N) is 1. The highest BCUT2D eigenvalue weighted by molar-refractivity contribution is 5.77. The van der Waals surface area contributed by atoms with Crippen molar-refractivity contribution in [1.29, 1.82) is 0 Å². The molecule has 1 amide bonds. The van der Waals surface area contributed by atoms with E-state index < -0.39 is 35.3 Å². The molecule has 0 bridgehead atoms. The maximum Gasteiger partial charge on any atom is 0.224 e. The smallest absolute Gasteiger partial charge is 0.224 e. The molecular formula is C19H23F4N5O. The van der Waals surface area contributed by atoms with Crippen LogP contribution in [0.1, 0.15) is 50.5 Å². The Hall–Kier alpha value is -2.49. The van der Waals surface area contributed by atoms with Crippen LogP contribution < -0.4 is 5.73 Å². The SMILES string of the molecule is CC(C)(F)n1cnc([C@@H]2CCCN2C(=O)CC(N)Cc2cc(F)c(F)cc2F)n1. The van der Waals surface area contributed by atoms with Crippen LogP contribution in [-0.2, 0) is 17.0 Å². The molecule has 2 N–H and O–H groups in total. The van der Waals surface area contributed by atoms with Gasteiger partial charge >= 0.3 is 0 Å². The van der Waals surface area contributed by atoms with Gasteiger partial charge in [0.1, 0.15) is 12.1 Å². The second-order valence-corrected chi connectivity index (χ2v) is 7.73. The number of hydrogen-bond donors (Lipinski definition) is 1. The first-order valence-corrected chi connectivity index (χ1v) is 9.35. The number of hydrogen-bond acceptors (Lipinski definition) is 4. The van der Waals surface area contributed by atoms with Crippen LogP contribution in [0.4, 0.5) is 17.6 Å². The lowest BCUT2D eigenvalue weighted by molar-refractivity contribution is -0.132. The van der Waals surface area contributed by atoms with Crippen molar-refractivity contribution in [1.82, 2.24) is 19.7 Å². The van der Waals surface area contributed by atoms with Crippen LogP contribution in [0.2, 0.25) is 0 Å². The molecule has 2 heterocycles. The summed E-state index contributed by atoms with van der Waals surface area (Å²) in [6.07, 6.45) is 2.43. The summed E-state index contributed by atoms with van der Waals surface area (Å²) in [5.41, 5.74) is 5.87. The lowest BCUT2D eigenvalue weighted by atomic mass is 10.0. The van der Waals surface area contributed by atoms with E-state index in [1.807, 2.05) is 0 Å². The molecule has 1 aliphatic heterocycles. The van der Waals surface area contributed by atoms with Crippen LogP contribution in [-0.4, -0.2) is 38.2 Å². The Morgan fingerprint density at radius 2 is 1.97 bits per heavy atom. The number of aromatic nitrogens is 3. The Morgan fingerprint density at radius 1 is 1.28 bits per heavy atom. The molecule has 1 unspecified atom stereocenters. The Balaban J connectivity index is 1.66. The Labute approximate surface area is 165 Å². The quantitative estimate of drug-likeness (QED) is 0.584. The molecule has 29 heavy (non-hydrogen) atoms. The standard InChI is InChI=1S/C19H23F4N5O/c1-19(2,23)28-10-25-18(26-28)16-4-3-5-27(16)17(29)8-12(24)6-11-7-14(21)15(22)9-13(11)20/h7,9-10,12,16H,3-6,8,24H2,1-2H3/t12?,16-/m0/s1. The van der Waals surface area contributed by atoms with E-state index in [9.17, 15) is 22.4 Å². The average molecular weight is 413 g/mol. The highest BCUT2D eigenvalue weighted by Crippen LogP contribution is 2.31. The van der Waals surface area contributed by atoms with E-state index in [0.29, 0.717) is 24.9 Å². The second-order valence-electron chi connectivity index (χ2n) is 7.73. The molecule has 6 nitrogen and oxygen atoms in total. The van der Waals surface area contributed by atoms with E-state index in [1.165, 1.54) is 20.2 Å². The number of halogens is 4. The summed E-state index contributed by atoms with van der Waals surface area (Å²) in [6.45, 7) is 3.17. The van der Waals surface area contributed by atoms with Gasteiger partial charge in [-0.15, -0.1) is 0 Å². The maximum absolute atomic E-state index is 14.0. The summed E-state index contributed by atoms with van der Waals surface area (Å²) in [5, 5.41) is 4.15. The van der Waals surface area contributed by atoms with Crippen molar-refractivity contribution in [2.24, 2.45) is 5.73 Å². The molecule has 1 fully saturated rings. The van der Waals surface area contributed by atoms with Crippen molar-refractivity contribution in [3.05, 3.63) is 47.3 Å². The fraction of sp³-hybridized carbons (Fsp3) is 0.526. The van der Waals surface area contributed by atoms with E-state index in [0.717, 1.165) is 17.2 Å². The normalized spacial score (nSPS) is 18.3. The number of rotatable bonds is 6. The number of nitrogens with zero attached hydrogens (tertiary/aromatic N) is 4. The molecule has 1 aromatic carbocycles. The zero-order valence-electron chi connectivity index (χ0n) is 16.2. The minimum absolute atomic E-state index is 0.0900. The third kappa shape index (κ3) is 4.75. The minimum atomic E-state index is -1.71. The third-order valence-electron chi connectivity index (χ3n) is 4.93. The summed E-state index contributed by atoms with van der Waals surface area (Å²) < 4.78 is 55.3. The van der Waals surface area contributed by atoms with Gasteiger partial charge in [-0.3, -0.25) is 4.79 Å². The average Bonchev–Trinajstić information content (AvgIpc) is 3.28. The predicted octanol–water partition coefficient (Wildman–Crippen LogP) is 2.98. The summed E-state index contributed by atoms with van der Waals surface area (Å²) in [6, 6.07) is 0.0456. The van der Waals surface area contributed by atoms with Crippen LogP contribution in [0.15, 0.2) is 18.5 Å². The zero-order chi connectivity index (χ0) is 21.3. The first-order valence-electron chi connectivity index (χ1n) is 9.35. The molecule has 0 saturated carbocycles. The van der Waals surface area contributed by atoms with Crippen molar-refractivity contribution >= 4 is 5.91 Å². The topological polar surface area (TPSA) is 77.0 Å². The van der Waals surface area contributed by atoms with E-state index in [2.05, 4.69) is 10.1 Å². The van der Waals surface area contributed by atoms with E-state index in [1.54, 1.807) is 4.90 Å². The van der Waals surface area contributed by atoms with Gasteiger partial charge in [-0.1, -0.05) is 0 Å². The van der Waals surface area contributed by atoms with E-state index in [4.69, 9.17) is 5.73 Å². The fourth-order valence-corrected chi connectivity index (χ4v) is 3.43. The molecule has 10 heteroatoms. The van der Waals surface area contributed by atoms with Crippen LogP contribution >= 0.6 is 0 Å². The molecular weight excluding hydrogens is 390 g/mol. The number of amides is 1. The van der Waals surface area contributed by atoms with E-state index >= 15 is 0 Å². The van der Waals surface area contributed by atoms with Gasteiger partial charge in [0.2, 0.25) is 5.91 Å². The van der Waals surface area contributed by atoms with Crippen molar-refractivity contribution in [2.75, 3.05) is 6.54 Å². The maximum atomic E-state index is 14.0. The first kappa shape index (κ1) is 21.2. The van der Waals surface area contributed by atoms with Crippen LogP contribution in [0, 0.1) is 17.5 Å². The summed E-state index contributed by atoms with van der Waals surface area (Å²) >= 11 is 0. The zero-order valence-corrected chi connectivity index (χ0v) is 16.2. The Kier molecular flexibility index (Phi) is 5.92. The van der Waals surface area contributed by atoms with Crippen LogP contribution in [0.3, 0.4) is 0 Å². The molecule has 0 aliphatic carbocycles. The summed E-state index contributed by atoms with van der Waals surface area (Å²) in [7, 11) is 0. The van der Waals surface area contributed by atoms with Gasteiger partial charge in [-0.2, -0.15) is 5.10 Å². The largest absolute Gasteiger partial charge is 0.332 e. The van der Waals surface area contributed by atoms with Gasteiger partial charge in [0.05, 0.1) is 6.04 Å². The number of carbonyl (C=O) groups excluding carboxylic acids is 1. The molecule has 2 aromatic rings. The number of benzene rings is 1. The monoisotopic (exact) mass is 413 g/mol. The number of likely N-dealkylation sites (tertiary alicyclic amines) is 1. The predicted molar refractivity (Wildman–Crippen MR) is 96.8 cm³/mol. The van der Waals surface area contributed by atoms with Crippen LogP contribution in [0.5, 0.6) is 0 Å². The summed E-state index contributed by atoms with van der Waals surface area (Å²) in [5.74, 6) is -5.00.